The van der Waals surface area contributed by atoms with Gasteiger partial charge in [0, 0.05) is 39.1 Å². The third-order valence-electron chi connectivity index (χ3n) is 4.07. The lowest BCUT2D eigenvalue weighted by Crippen LogP contribution is -2.43. The summed E-state index contributed by atoms with van der Waals surface area (Å²) in [6.07, 6.45) is 0.205. The zero-order valence-electron chi connectivity index (χ0n) is 14.1. The lowest BCUT2D eigenvalue weighted by molar-refractivity contribution is 0.0363. The Morgan fingerprint density at radius 2 is 2.04 bits per heavy atom. The molecule has 0 N–H and O–H groups in total. The predicted octanol–water partition coefficient (Wildman–Crippen LogP) is 1.37. The molecule has 0 spiro atoms. The third kappa shape index (κ3) is 5.87. The van der Waals surface area contributed by atoms with E-state index in [1.54, 1.807) is 0 Å². The lowest BCUT2D eigenvalue weighted by atomic mass is 10.2. The summed E-state index contributed by atoms with van der Waals surface area (Å²) in [7, 11) is -3.44. The standard InChI is InChI=1S/C17H25N3O3S/c1-16-4-2-5-17(14-16)15-24(21,22)20(7-3-6-18)9-8-19-10-12-23-13-11-19/h2,4-5,14H,3,7-13,15H2,1H3. The molecule has 1 aromatic carbocycles. The van der Waals surface area contributed by atoms with Crippen LogP contribution >= 0.6 is 0 Å². The van der Waals surface area contributed by atoms with Crippen molar-refractivity contribution >= 4 is 10.0 Å². The second kappa shape index (κ2) is 9.14. The van der Waals surface area contributed by atoms with Gasteiger partial charge >= 0.3 is 0 Å². The zero-order chi connectivity index (χ0) is 17.4. The Kier molecular flexibility index (Phi) is 7.18. The normalized spacial score (nSPS) is 16.2. The third-order valence-corrected chi connectivity index (χ3v) is 5.92. The van der Waals surface area contributed by atoms with Crippen LogP contribution in [0.15, 0.2) is 24.3 Å². The van der Waals surface area contributed by atoms with Crippen molar-refractivity contribution in [1.29, 1.82) is 5.26 Å². The van der Waals surface area contributed by atoms with E-state index in [9.17, 15) is 8.42 Å². The van der Waals surface area contributed by atoms with Crippen LogP contribution in [0, 0.1) is 18.3 Å². The summed E-state index contributed by atoms with van der Waals surface area (Å²) in [6.45, 7) is 6.30. The molecule has 1 aliphatic rings. The molecule has 1 aliphatic heterocycles. The first-order valence-electron chi connectivity index (χ1n) is 8.22. The zero-order valence-corrected chi connectivity index (χ0v) is 15.0. The Balaban J connectivity index is 2.02. The maximum Gasteiger partial charge on any atom is 0.218 e. The highest BCUT2D eigenvalue weighted by atomic mass is 32.2. The fourth-order valence-corrected chi connectivity index (χ4v) is 4.26. The van der Waals surface area contributed by atoms with Gasteiger partial charge in [0.1, 0.15) is 0 Å². The number of benzene rings is 1. The van der Waals surface area contributed by atoms with Gasteiger partial charge in [0.05, 0.1) is 25.0 Å². The van der Waals surface area contributed by atoms with Crippen LogP contribution in [0.2, 0.25) is 0 Å². The number of nitrogens with zero attached hydrogens (tertiary/aromatic N) is 3. The summed E-state index contributed by atoms with van der Waals surface area (Å²) in [6, 6.07) is 9.58. The summed E-state index contributed by atoms with van der Waals surface area (Å²) >= 11 is 0. The molecule has 0 aromatic heterocycles. The summed E-state index contributed by atoms with van der Waals surface area (Å²) in [5, 5.41) is 8.83. The van der Waals surface area contributed by atoms with Gasteiger partial charge in [-0.05, 0) is 12.5 Å². The molecule has 0 radical (unpaired) electrons. The molecule has 7 heteroatoms. The Hall–Kier alpha value is -1.46. The van der Waals surface area contributed by atoms with Crippen molar-refractivity contribution in [2.45, 2.75) is 19.1 Å². The van der Waals surface area contributed by atoms with E-state index in [2.05, 4.69) is 4.90 Å². The summed E-state index contributed by atoms with van der Waals surface area (Å²) in [5.41, 5.74) is 1.82. The van der Waals surface area contributed by atoms with Gasteiger partial charge in [0.15, 0.2) is 0 Å². The van der Waals surface area contributed by atoms with Gasteiger partial charge in [0.25, 0.3) is 0 Å². The van der Waals surface area contributed by atoms with Crippen molar-refractivity contribution in [3.63, 3.8) is 0 Å². The summed E-state index contributed by atoms with van der Waals surface area (Å²) < 4.78 is 32.3. The number of ether oxygens (including phenoxy) is 1. The van der Waals surface area contributed by atoms with Gasteiger partial charge in [-0.25, -0.2) is 8.42 Å². The molecular formula is C17H25N3O3S. The molecule has 0 atom stereocenters. The van der Waals surface area contributed by atoms with Gasteiger partial charge in [-0.3, -0.25) is 4.90 Å². The maximum atomic E-state index is 12.8. The van der Waals surface area contributed by atoms with E-state index in [0.29, 0.717) is 26.3 Å². The fourth-order valence-electron chi connectivity index (χ4n) is 2.75. The van der Waals surface area contributed by atoms with E-state index in [4.69, 9.17) is 10.00 Å². The molecule has 24 heavy (non-hydrogen) atoms. The molecule has 1 aromatic rings. The lowest BCUT2D eigenvalue weighted by Gasteiger charge is -2.29. The smallest absolute Gasteiger partial charge is 0.218 e. The Bertz CT molecular complexity index is 664. The first-order chi connectivity index (χ1) is 11.5. The molecule has 1 heterocycles. The average Bonchev–Trinajstić information content (AvgIpc) is 2.55. The largest absolute Gasteiger partial charge is 0.379 e. The van der Waals surface area contributed by atoms with Crippen molar-refractivity contribution < 1.29 is 13.2 Å². The Labute approximate surface area is 144 Å². The van der Waals surface area contributed by atoms with Crippen LogP contribution in [-0.4, -0.2) is 63.6 Å². The van der Waals surface area contributed by atoms with Gasteiger partial charge in [-0.2, -0.15) is 9.57 Å². The first kappa shape index (κ1) is 18.9. The van der Waals surface area contributed by atoms with E-state index in [1.807, 2.05) is 37.3 Å². The highest BCUT2D eigenvalue weighted by molar-refractivity contribution is 7.88. The van der Waals surface area contributed by atoms with Crippen LogP contribution in [0.3, 0.4) is 0 Å². The van der Waals surface area contributed by atoms with Crippen molar-refractivity contribution in [3.8, 4) is 6.07 Å². The van der Waals surface area contributed by atoms with Crippen molar-refractivity contribution in [2.24, 2.45) is 0 Å². The first-order valence-corrected chi connectivity index (χ1v) is 9.82. The molecule has 6 nitrogen and oxygen atoms in total. The van der Waals surface area contributed by atoms with Gasteiger partial charge in [-0.15, -0.1) is 0 Å². The average molecular weight is 351 g/mol. The minimum atomic E-state index is -3.44. The van der Waals surface area contributed by atoms with Gasteiger partial charge < -0.3 is 4.74 Å². The monoisotopic (exact) mass is 351 g/mol. The number of hydrogen-bond donors (Lipinski definition) is 0. The molecule has 0 unspecified atom stereocenters. The number of rotatable bonds is 8. The minimum Gasteiger partial charge on any atom is -0.379 e. The summed E-state index contributed by atoms with van der Waals surface area (Å²) in [4.78, 5) is 2.20. The quantitative estimate of drug-likeness (QED) is 0.707. The minimum absolute atomic E-state index is 0.0246. The Morgan fingerprint density at radius 3 is 2.71 bits per heavy atom. The van der Waals surface area contributed by atoms with E-state index in [1.165, 1.54) is 4.31 Å². The molecule has 0 bridgehead atoms. The highest BCUT2D eigenvalue weighted by Crippen LogP contribution is 2.13. The maximum absolute atomic E-state index is 12.8. The molecule has 132 valence electrons. The molecule has 2 rings (SSSR count). The van der Waals surface area contributed by atoms with Crippen LogP contribution in [0.25, 0.3) is 0 Å². The molecule has 1 fully saturated rings. The number of aryl methyl sites for hydroxylation is 1. The van der Waals surface area contributed by atoms with Crippen LogP contribution in [0.1, 0.15) is 17.5 Å². The number of nitriles is 1. The number of morpholine rings is 1. The van der Waals surface area contributed by atoms with E-state index >= 15 is 0 Å². The van der Waals surface area contributed by atoms with Gasteiger partial charge in [0.2, 0.25) is 10.0 Å². The highest BCUT2D eigenvalue weighted by Gasteiger charge is 2.23. The van der Waals surface area contributed by atoms with E-state index in [-0.39, 0.29) is 18.7 Å². The SMILES string of the molecule is Cc1cccc(CS(=O)(=O)N(CCC#N)CCN2CCOCC2)c1. The predicted molar refractivity (Wildman–Crippen MR) is 92.9 cm³/mol. The van der Waals surface area contributed by atoms with Crippen molar-refractivity contribution in [1.82, 2.24) is 9.21 Å². The van der Waals surface area contributed by atoms with E-state index < -0.39 is 10.0 Å². The van der Waals surface area contributed by atoms with Crippen LogP contribution in [0.4, 0.5) is 0 Å². The van der Waals surface area contributed by atoms with Gasteiger partial charge in [-0.1, -0.05) is 29.8 Å². The second-order valence-corrected chi connectivity index (χ2v) is 7.98. The van der Waals surface area contributed by atoms with Crippen LogP contribution < -0.4 is 0 Å². The number of sulfonamides is 1. The fraction of sp³-hybridized carbons (Fsp3) is 0.588. The van der Waals surface area contributed by atoms with Crippen LogP contribution in [-0.2, 0) is 20.5 Å². The van der Waals surface area contributed by atoms with Crippen molar-refractivity contribution in [2.75, 3.05) is 45.9 Å². The number of hydrogen-bond acceptors (Lipinski definition) is 5. The van der Waals surface area contributed by atoms with Crippen molar-refractivity contribution in [3.05, 3.63) is 35.4 Å². The molecule has 0 saturated carbocycles. The van der Waals surface area contributed by atoms with E-state index in [0.717, 1.165) is 24.2 Å². The topological polar surface area (TPSA) is 73.6 Å². The van der Waals surface area contributed by atoms with Crippen LogP contribution in [0.5, 0.6) is 0 Å². The molecular weight excluding hydrogens is 326 g/mol. The molecule has 0 amide bonds. The second-order valence-electron chi connectivity index (χ2n) is 6.01. The Morgan fingerprint density at radius 1 is 1.29 bits per heavy atom. The summed E-state index contributed by atoms with van der Waals surface area (Å²) in [5.74, 6) is -0.0246. The molecule has 0 aliphatic carbocycles. The molecule has 1 saturated heterocycles.